The summed E-state index contributed by atoms with van der Waals surface area (Å²) in [6.07, 6.45) is 8.31. The molecule has 2 rings (SSSR count). The number of Topliss-reactive ketones (excluding diaryl/α,β-unsaturated/α-hetero) is 1. The Morgan fingerprint density at radius 3 is 2.68 bits per heavy atom. The van der Waals surface area contributed by atoms with E-state index in [9.17, 15) is 9.59 Å². The molecule has 0 spiro atoms. The summed E-state index contributed by atoms with van der Waals surface area (Å²) in [5.41, 5.74) is 1.50. The van der Waals surface area contributed by atoms with Crippen LogP contribution in [0.3, 0.4) is 0 Å². The van der Waals surface area contributed by atoms with Crippen molar-refractivity contribution in [3.63, 3.8) is 0 Å². The van der Waals surface area contributed by atoms with E-state index in [0.29, 0.717) is 17.9 Å². The first-order valence-electron chi connectivity index (χ1n) is 7.26. The summed E-state index contributed by atoms with van der Waals surface area (Å²) in [5.74, 6) is -0.147. The van der Waals surface area contributed by atoms with Crippen LogP contribution in [0.4, 0.5) is 0 Å². The molecule has 0 fully saturated rings. The quantitative estimate of drug-likeness (QED) is 0.425. The van der Waals surface area contributed by atoms with Crippen LogP contribution in [-0.2, 0) is 19.1 Å². The molecule has 0 aliphatic heterocycles. The van der Waals surface area contributed by atoms with Crippen molar-refractivity contribution in [2.45, 2.75) is 12.8 Å². The molecule has 5 nitrogen and oxygen atoms in total. The third-order valence-corrected chi connectivity index (χ3v) is 3.53. The van der Waals surface area contributed by atoms with Gasteiger partial charge in [-0.15, -0.1) is 0 Å². The van der Waals surface area contributed by atoms with E-state index in [1.54, 1.807) is 12.2 Å². The molecule has 2 aliphatic rings. The fourth-order valence-corrected chi connectivity index (χ4v) is 2.47. The van der Waals surface area contributed by atoms with E-state index in [0.717, 1.165) is 18.5 Å². The van der Waals surface area contributed by atoms with Crippen molar-refractivity contribution in [2.24, 2.45) is 0 Å². The van der Waals surface area contributed by atoms with E-state index in [2.05, 4.69) is 4.90 Å². The van der Waals surface area contributed by atoms with Crippen molar-refractivity contribution in [3.8, 4) is 0 Å². The number of fused-ring (bicyclic) bond motifs is 1. The maximum absolute atomic E-state index is 12.1. The molecule has 0 heterocycles. The molecule has 0 radical (unpaired) electrons. The second-order valence-corrected chi connectivity index (χ2v) is 5.45. The number of ether oxygens (including phenoxy) is 2. The minimum atomic E-state index is -0.589. The lowest BCUT2D eigenvalue weighted by molar-refractivity contribution is -0.137. The Morgan fingerprint density at radius 1 is 1.27 bits per heavy atom. The largest absolute Gasteiger partial charge is 0.493 e. The molecule has 2 aliphatic carbocycles. The van der Waals surface area contributed by atoms with Gasteiger partial charge in [-0.05, 0) is 32.2 Å². The van der Waals surface area contributed by atoms with Crippen molar-refractivity contribution >= 4 is 11.8 Å². The van der Waals surface area contributed by atoms with Gasteiger partial charge < -0.3 is 14.4 Å². The van der Waals surface area contributed by atoms with Crippen molar-refractivity contribution in [3.05, 3.63) is 46.8 Å². The SMILES string of the molecule is COC(=O)C1=C2C=CC=CC(OCCCN(C)C)=C2CC1=O. The van der Waals surface area contributed by atoms with Crippen LogP contribution in [0.2, 0.25) is 0 Å². The molecule has 0 saturated heterocycles. The van der Waals surface area contributed by atoms with Gasteiger partial charge in [0.25, 0.3) is 0 Å². The highest BCUT2D eigenvalue weighted by molar-refractivity contribution is 6.22. The van der Waals surface area contributed by atoms with Gasteiger partial charge in [0.15, 0.2) is 5.78 Å². The molecule has 0 saturated carbocycles. The Hall–Kier alpha value is -2.14. The molecular formula is C17H21NO4. The number of allylic oxidation sites excluding steroid dienone is 6. The fourth-order valence-electron chi connectivity index (χ4n) is 2.47. The van der Waals surface area contributed by atoms with Gasteiger partial charge in [0.05, 0.1) is 13.7 Å². The van der Waals surface area contributed by atoms with Crippen LogP contribution >= 0.6 is 0 Å². The topological polar surface area (TPSA) is 55.8 Å². The third kappa shape index (κ3) is 3.54. The van der Waals surface area contributed by atoms with Crippen molar-refractivity contribution in [2.75, 3.05) is 34.4 Å². The number of rotatable bonds is 6. The molecule has 0 aromatic carbocycles. The number of esters is 1. The summed E-state index contributed by atoms with van der Waals surface area (Å²) < 4.78 is 10.5. The maximum atomic E-state index is 12.1. The summed E-state index contributed by atoms with van der Waals surface area (Å²) in [6.45, 7) is 1.50. The van der Waals surface area contributed by atoms with Crippen LogP contribution in [0.25, 0.3) is 0 Å². The van der Waals surface area contributed by atoms with Crippen molar-refractivity contribution in [1.29, 1.82) is 0 Å². The summed E-state index contributed by atoms with van der Waals surface area (Å²) >= 11 is 0. The molecule has 22 heavy (non-hydrogen) atoms. The second kappa shape index (κ2) is 7.22. The zero-order chi connectivity index (χ0) is 16.1. The molecule has 0 aromatic rings. The Labute approximate surface area is 130 Å². The van der Waals surface area contributed by atoms with E-state index in [1.165, 1.54) is 7.11 Å². The van der Waals surface area contributed by atoms with E-state index in [-0.39, 0.29) is 17.8 Å². The number of carbonyl (C=O) groups excluding carboxylic acids is 2. The first-order valence-corrected chi connectivity index (χ1v) is 7.26. The Balaban J connectivity index is 2.22. The lowest BCUT2D eigenvalue weighted by atomic mass is 10.1. The molecule has 118 valence electrons. The van der Waals surface area contributed by atoms with Gasteiger partial charge in [0, 0.05) is 18.5 Å². The highest BCUT2D eigenvalue weighted by atomic mass is 16.5. The number of hydrogen-bond donors (Lipinski definition) is 0. The van der Waals surface area contributed by atoms with Gasteiger partial charge in [-0.3, -0.25) is 4.79 Å². The van der Waals surface area contributed by atoms with Gasteiger partial charge in [-0.1, -0.05) is 18.2 Å². The van der Waals surface area contributed by atoms with Gasteiger partial charge in [0.1, 0.15) is 11.3 Å². The number of nitrogens with zero attached hydrogens (tertiary/aromatic N) is 1. The smallest absolute Gasteiger partial charge is 0.342 e. The highest BCUT2D eigenvalue weighted by Crippen LogP contribution is 2.35. The minimum Gasteiger partial charge on any atom is -0.493 e. The Kier molecular flexibility index (Phi) is 5.33. The summed E-state index contributed by atoms with van der Waals surface area (Å²) in [4.78, 5) is 26.0. The molecule has 0 bridgehead atoms. The van der Waals surface area contributed by atoms with Crippen molar-refractivity contribution < 1.29 is 19.1 Å². The van der Waals surface area contributed by atoms with Crippen LogP contribution in [0.5, 0.6) is 0 Å². The van der Waals surface area contributed by atoms with Crippen LogP contribution in [-0.4, -0.2) is 51.0 Å². The van der Waals surface area contributed by atoms with Crippen LogP contribution < -0.4 is 0 Å². The van der Waals surface area contributed by atoms with E-state index >= 15 is 0 Å². The summed E-state index contributed by atoms with van der Waals surface area (Å²) in [5, 5.41) is 0. The summed E-state index contributed by atoms with van der Waals surface area (Å²) in [7, 11) is 5.30. The van der Waals surface area contributed by atoms with Crippen LogP contribution in [0.1, 0.15) is 12.8 Å². The summed E-state index contributed by atoms with van der Waals surface area (Å²) in [6, 6.07) is 0. The fraction of sp³-hybridized carbons (Fsp3) is 0.412. The first kappa shape index (κ1) is 16.2. The van der Waals surface area contributed by atoms with E-state index in [4.69, 9.17) is 9.47 Å². The number of carbonyl (C=O) groups is 2. The predicted octanol–water partition coefficient (Wildman–Crippen LogP) is 1.78. The monoisotopic (exact) mass is 303 g/mol. The van der Waals surface area contributed by atoms with Crippen LogP contribution in [0.15, 0.2) is 46.8 Å². The first-order chi connectivity index (χ1) is 10.5. The Morgan fingerprint density at radius 2 is 2.00 bits per heavy atom. The van der Waals surface area contributed by atoms with Gasteiger partial charge in [-0.25, -0.2) is 4.79 Å². The lowest BCUT2D eigenvalue weighted by Crippen LogP contribution is -2.14. The molecule has 5 heteroatoms. The standard InChI is InChI=1S/C17H21NO4/c1-18(2)9-6-10-22-15-8-5-4-7-12-13(15)11-14(19)16(12)17(20)21-3/h4-5,7-8H,6,9-11H2,1-3H3. The zero-order valence-corrected chi connectivity index (χ0v) is 13.2. The van der Waals surface area contributed by atoms with Crippen LogP contribution in [0, 0.1) is 0 Å². The molecule has 0 atom stereocenters. The van der Waals surface area contributed by atoms with Gasteiger partial charge in [0.2, 0.25) is 0 Å². The Bertz CT molecular complexity index is 594. The lowest BCUT2D eigenvalue weighted by Gasteiger charge is -2.12. The molecule has 0 unspecified atom stereocenters. The predicted molar refractivity (Wildman–Crippen MR) is 83.1 cm³/mol. The zero-order valence-electron chi connectivity index (χ0n) is 13.2. The van der Waals surface area contributed by atoms with E-state index in [1.807, 2.05) is 26.2 Å². The second-order valence-electron chi connectivity index (χ2n) is 5.45. The normalized spacial score (nSPS) is 17.2. The van der Waals surface area contributed by atoms with Crippen molar-refractivity contribution in [1.82, 2.24) is 4.90 Å². The molecular weight excluding hydrogens is 282 g/mol. The van der Waals surface area contributed by atoms with Gasteiger partial charge >= 0.3 is 5.97 Å². The number of methoxy groups -OCH3 is 1. The molecule has 0 aromatic heterocycles. The number of hydrogen-bond acceptors (Lipinski definition) is 5. The number of ketones is 1. The maximum Gasteiger partial charge on any atom is 0.342 e. The minimum absolute atomic E-state index is 0.117. The average molecular weight is 303 g/mol. The average Bonchev–Trinajstić information content (AvgIpc) is 2.68. The molecule has 0 amide bonds. The third-order valence-electron chi connectivity index (χ3n) is 3.53. The van der Waals surface area contributed by atoms with Gasteiger partial charge in [-0.2, -0.15) is 0 Å². The van der Waals surface area contributed by atoms with E-state index < -0.39 is 5.97 Å². The highest BCUT2D eigenvalue weighted by Gasteiger charge is 2.34. The molecule has 0 N–H and O–H groups in total.